The van der Waals surface area contributed by atoms with Crippen molar-refractivity contribution in [2.24, 2.45) is 0 Å². The lowest BCUT2D eigenvalue weighted by atomic mass is 10.00. The molecule has 1 heterocycles. The van der Waals surface area contributed by atoms with Crippen LogP contribution in [0.3, 0.4) is 0 Å². The number of methoxy groups -OCH3 is 1. The van der Waals surface area contributed by atoms with E-state index in [0.29, 0.717) is 6.54 Å². The van der Waals surface area contributed by atoms with Crippen molar-refractivity contribution in [1.82, 2.24) is 14.5 Å². The van der Waals surface area contributed by atoms with Crippen molar-refractivity contribution in [3.63, 3.8) is 0 Å². The third-order valence-corrected chi connectivity index (χ3v) is 4.49. The largest absolute Gasteiger partial charge is 0.375 e. The summed E-state index contributed by atoms with van der Waals surface area (Å²) >= 11 is 0. The van der Waals surface area contributed by atoms with E-state index >= 15 is 0 Å². The van der Waals surface area contributed by atoms with E-state index in [4.69, 9.17) is 4.74 Å². The van der Waals surface area contributed by atoms with Crippen LogP contribution in [0.2, 0.25) is 0 Å². The van der Waals surface area contributed by atoms with Gasteiger partial charge in [0, 0.05) is 32.1 Å². The van der Waals surface area contributed by atoms with Crippen molar-refractivity contribution in [2.75, 3.05) is 13.7 Å². The zero-order valence-electron chi connectivity index (χ0n) is 16.2. The molecule has 0 spiro atoms. The van der Waals surface area contributed by atoms with Gasteiger partial charge in [0.25, 0.3) is 0 Å². The number of nitrogens with zero attached hydrogens (tertiary/aromatic N) is 3. The number of benzene rings is 1. The Labute approximate surface area is 150 Å². The first-order valence-corrected chi connectivity index (χ1v) is 8.68. The molecule has 0 saturated heterocycles. The van der Waals surface area contributed by atoms with Gasteiger partial charge in [-0.15, -0.1) is 0 Å². The standard InChI is InChI=1S/C20H29N3O2/c1-14(2)23(20(24)13-25-6)12-19-21-7-8-22(19)11-18-16(4)9-15(3)10-17(18)5/h7-10,14H,11-13H2,1-6H3. The SMILES string of the molecule is COCC(=O)N(Cc1nccn1Cc1c(C)cc(C)cc1C)C(C)C. The normalized spacial score (nSPS) is 11.2. The Morgan fingerprint density at radius 1 is 1.24 bits per heavy atom. The Morgan fingerprint density at radius 3 is 2.44 bits per heavy atom. The lowest BCUT2D eigenvalue weighted by Gasteiger charge is -2.26. The molecule has 1 amide bonds. The first-order chi connectivity index (χ1) is 11.8. The number of aryl methyl sites for hydroxylation is 3. The summed E-state index contributed by atoms with van der Waals surface area (Å²) in [4.78, 5) is 18.6. The van der Waals surface area contributed by atoms with Crippen molar-refractivity contribution < 1.29 is 9.53 Å². The molecule has 0 radical (unpaired) electrons. The molecule has 5 nitrogen and oxygen atoms in total. The van der Waals surface area contributed by atoms with Gasteiger partial charge in [-0.2, -0.15) is 0 Å². The van der Waals surface area contributed by atoms with Gasteiger partial charge in [-0.05, 0) is 51.3 Å². The Morgan fingerprint density at radius 2 is 1.88 bits per heavy atom. The minimum atomic E-state index is -0.0188. The summed E-state index contributed by atoms with van der Waals surface area (Å²) in [6.07, 6.45) is 3.78. The first kappa shape index (κ1) is 19.2. The van der Waals surface area contributed by atoms with E-state index in [1.807, 2.05) is 20.0 Å². The highest BCUT2D eigenvalue weighted by Gasteiger charge is 2.19. The van der Waals surface area contributed by atoms with Crippen LogP contribution in [0.4, 0.5) is 0 Å². The summed E-state index contributed by atoms with van der Waals surface area (Å²) in [6.45, 7) is 11.8. The van der Waals surface area contributed by atoms with E-state index in [2.05, 4.69) is 42.5 Å². The molecule has 0 bridgehead atoms. The third kappa shape index (κ3) is 4.69. The Balaban J connectivity index is 2.24. The smallest absolute Gasteiger partial charge is 0.249 e. The molecule has 136 valence electrons. The molecule has 5 heteroatoms. The molecule has 25 heavy (non-hydrogen) atoms. The van der Waals surface area contributed by atoms with Gasteiger partial charge in [0.2, 0.25) is 5.91 Å². The van der Waals surface area contributed by atoms with Gasteiger partial charge in [0.15, 0.2) is 0 Å². The predicted molar refractivity (Wildman–Crippen MR) is 99.5 cm³/mol. The van der Waals surface area contributed by atoms with Gasteiger partial charge in [0.1, 0.15) is 12.4 Å². The van der Waals surface area contributed by atoms with E-state index in [0.717, 1.165) is 12.4 Å². The summed E-state index contributed by atoms with van der Waals surface area (Å²) in [7, 11) is 1.54. The number of carbonyl (C=O) groups is 1. The van der Waals surface area contributed by atoms with Crippen molar-refractivity contribution in [2.45, 2.75) is 53.8 Å². The molecule has 0 atom stereocenters. The van der Waals surface area contributed by atoms with Crippen LogP contribution >= 0.6 is 0 Å². The lowest BCUT2D eigenvalue weighted by molar-refractivity contribution is -0.137. The van der Waals surface area contributed by atoms with Crippen molar-refractivity contribution >= 4 is 5.91 Å². The number of aromatic nitrogens is 2. The molecule has 0 aliphatic heterocycles. The average molecular weight is 343 g/mol. The Kier molecular flexibility index (Phi) is 6.37. The average Bonchev–Trinajstić information content (AvgIpc) is 2.95. The predicted octanol–water partition coefficient (Wildman–Crippen LogP) is 3.24. The maximum Gasteiger partial charge on any atom is 0.249 e. The number of rotatable bonds is 7. The van der Waals surface area contributed by atoms with E-state index < -0.39 is 0 Å². The molecule has 0 N–H and O–H groups in total. The minimum absolute atomic E-state index is 0.0188. The number of hydrogen-bond donors (Lipinski definition) is 0. The van der Waals surface area contributed by atoms with Crippen LogP contribution in [0.1, 0.15) is 41.9 Å². The maximum absolute atomic E-state index is 12.3. The second kappa shape index (κ2) is 8.30. The highest BCUT2D eigenvalue weighted by atomic mass is 16.5. The molecule has 1 aromatic heterocycles. The van der Waals surface area contributed by atoms with Gasteiger partial charge in [-0.3, -0.25) is 4.79 Å². The number of hydrogen-bond acceptors (Lipinski definition) is 3. The maximum atomic E-state index is 12.3. The van der Waals surface area contributed by atoms with Gasteiger partial charge in [0.05, 0.1) is 6.54 Å². The van der Waals surface area contributed by atoms with E-state index in [-0.39, 0.29) is 18.6 Å². The highest BCUT2D eigenvalue weighted by Crippen LogP contribution is 2.19. The second-order valence-electron chi connectivity index (χ2n) is 6.90. The summed E-state index contributed by atoms with van der Waals surface area (Å²) < 4.78 is 7.13. The summed E-state index contributed by atoms with van der Waals surface area (Å²) in [5, 5.41) is 0. The van der Waals surface area contributed by atoms with E-state index in [1.54, 1.807) is 18.2 Å². The fraction of sp³-hybridized carbons (Fsp3) is 0.500. The molecule has 1 aromatic carbocycles. The Hall–Kier alpha value is -2.14. The molecule has 2 aromatic rings. The lowest BCUT2D eigenvalue weighted by Crippen LogP contribution is -2.39. The van der Waals surface area contributed by atoms with Crippen LogP contribution < -0.4 is 0 Å². The van der Waals surface area contributed by atoms with Crippen LogP contribution in [0.15, 0.2) is 24.5 Å². The van der Waals surface area contributed by atoms with Gasteiger partial charge in [-0.1, -0.05) is 17.7 Å². The second-order valence-corrected chi connectivity index (χ2v) is 6.90. The fourth-order valence-corrected chi connectivity index (χ4v) is 3.18. The molecule has 0 aliphatic rings. The molecule has 0 saturated carbocycles. The zero-order chi connectivity index (χ0) is 18.6. The van der Waals surface area contributed by atoms with Crippen molar-refractivity contribution in [1.29, 1.82) is 0 Å². The minimum Gasteiger partial charge on any atom is -0.375 e. The monoisotopic (exact) mass is 343 g/mol. The van der Waals surface area contributed by atoms with Crippen molar-refractivity contribution in [3.05, 3.63) is 52.6 Å². The quantitative estimate of drug-likeness (QED) is 0.775. The number of carbonyl (C=O) groups excluding carboxylic acids is 1. The van der Waals surface area contributed by atoms with Crippen LogP contribution in [-0.4, -0.2) is 40.1 Å². The highest BCUT2D eigenvalue weighted by molar-refractivity contribution is 5.77. The van der Waals surface area contributed by atoms with Crippen LogP contribution in [0, 0.1) is 20.8 Å². The fourth-order valence-electron chi connectivity index (χ4n) is 3.18. The first-order valence-electron chi connectivity index (χ1n) is 8.68. The topological polar surface area (TPSA) is 47.4 Å². The summed E-state index contributed by atoms with van der Waals surface area (Å²) in [5.41, 5.74) is 5.16. The molecular weight excluding hydrogens is 314 g/mol. The number of ether oxygens (including phenoxy) is 1. The van der Waals surface area contributed by atoms with Gasteiger partial charge < -0.3 is 14.2 Å². The van der Waals surface area contributed by atoms with Gasteiger partial charge >= 0.3 is 0 Å². The zero-order valence-corrected chi connectivity index (χ0v) is 16.2. The number of amides is 1. The molecule has 0 unspecified atom stereocenters. The molecule has 0 fully saturated rings. The van der Waals surface area contributed by atoms with Crippen molar-refractivity contribution in [3.8, 4) is 0 Å². The third-order valence-electron chi connectivity index (χ3n) is 4.49. The van der Waals surface area contributed by atoms with E-state index in [9.17, 15) is 4.79 Å². The molecule has 0 aliphatic carbocycles. The molecular formula is C20H29N3O2. The van der Waals surface area contributed by atoms with Crippen LogP contribution in [0.5, 0.6) is 0 Å². The van der Waals surface area contributed by atoms with Gasteiger partial charge in [-0.25, -0.2) is 4.98 Å². The Bertz CT molecular complexity index is 711. The summed E-state index contributed by atoms with van der Waals surface area (Å²) in [5.74, 6) is 0.868. The van der Waals surface area contributed by atoms with Crippen LogP contribution in [0.25, 0.3) is 0 Å². The number of imidazole rings is 1. The van der Waals surface area contributed by atoms with Crippen LogP contribution in [-0.2, 0) is 22.6 Å². The molecule has 2 rings (SSSR count). The van der Waals surface area contributed by atoms with E-state index in [1.165, 1.54) is 22.3 Å². The summed E-state index contributed by atoms with van der Waals surface area (Å²) in [6, 6.07) is 4.51.